The van der Waals surface area contributed by atoms with E-state index in [4.69, 9.17) is 5.11 Å². The van der Waals surface area contributed by atoms with Crippen LogP contribution in [0.4, 0.5) is 0 Å². The molecule has 3 heteroatoms. The molecule has 3 nitrogen and oxygen atoms in total. The van der Waals surface area contributed by atoms with Crippen LogP contribution in [0.3, 0.4) is 0 Å². The van der Waals surface area contributed by atoms with E-state index in [1.165, 1.54) is 6.07 Å². The van der Waals surface area contributed by atoms with Crippen LogP contribution in [0.2, 0.25) is 0 Å². The minimum absolute atomic E-state index is 0.160. The van der Waals surface area contributed by atoms with Crippen LogP contribution in [0.25, 0.3) is 0 Å². The maximum atomic E-state index is 10.7. The van der Waals surface area contributed by atoms with E-state index in [1.54, 1.807) is 19.9 Å². The number of benzene rings is 1. The second kappa shape index (κ2) is 3.70. The third kappa shape index (κ3) is 1.87. The molecule has 0 aliphatic heterocycles. The van der Waals surface area contributed by atoms with Crippen LogP contribution in [0.5, 0.6) is 5.75 Å². The van der Waals surface area contributed by atoms with Crippen LogP contribution in [0.1, 0.15) is 29.5 Å². The number of aliphatic carboxylic acids is 1. The summed E-state index contributed by atoms with van der Waals surface area (Å²) < 4.78 is 0. The van der Waals surface area contributed by atoms with Crippen molar-refractivity contribution in [2.75, 3.05) is 0 Å². The summed E-state index contributed by atoms with van der Waals surface area (Å²) in [6, 6.07) is 3.31. The van der Waals surface area contributed by atoms with Gasteiger partial charge in [0.1, 0.15) is 5.75 Å². The first-order valence-corrected chi connectivity index (χ1v) is 4.46. The normalized spacial score (nSPS) is 12.5. The fourth-order valence-corrected chi connectivity index (χ4v) is 1.26. The summed E-state index contributed by atoms with van der Waals surface area (Å²) >= 11 is 0. The van der Waals surface area contributed by atoms with Crippen molar-refractivity contribution in [1.29, 1.82) is 0 Å². The number of aromatic hydroxyl groups is 1. The van der Waals surface area contributed by atoms with E-state index in [1.807, 2.05) is 6.92 Å². The lowest BCUT2D eigenvalue weighted by Gasteiger charge is -2.10. The Kier molecular flexibility index (Phi) is 2.79. The molecule has 0 spiro atoms. The molecule has 76 valence electrons. The number of carbonyl (C=O) groups is 1. The van der Waals surface area contributed by atoms with Crippen molar-refractivity contribution in [3.63, 3.8) is 0 Å². The molecule has 0 aliphatic carbocycles. The number of hydrogen-bond acceptors (Lipinski definition) is 2. The molecule has 0 radical (unpaired) electrons. The smallest absolute Gasteiger partial charge is 0.310 e. The lowest BCUT2D eigenvalue weighted by molar-refractivity contribution is -0.138. The number of carboxylic acids is 1. The Morgan fingerprint density at radius 1 is 1.36 bits per heavy atom. The largest absolute Gasteiger partial charge is 0.508 e. The van der Waals surface area contributed by atoms with Gasteiger partial charge in [0.05, 0.1) is 5.92 Å². The quantitative estimate of drug-likeness (QED) is 0.758. The monoisotopic (exact) mass is 194 g/mol. The summed E-state index contributed by atoms with van der Waals surface area (Å²) in [7, 11) is 0. The third-order valence-corrected chi connectivity index (χ3v) is 2.53. The number of hydrogen-bond donors (Lipinski definition) is 2. The highest BCUT2D eigenvalue weighted by Gasteiger charge is 2.15. The average Bonchev–Trinajstić information content (AvgIpc) is 2.12. The molecule has 1 unspecified atom stereocenters. The Labute approximate surface area is 83.0 Å². The van der Waals surface area contributed by atoms with Crippen molar-refractivity contribution in [3.05, 3.63) is 28.8 Å². The Hall–Kier alpha value is -1.51. The fourth-order valence-electron chi connectivity index (χ4n) is 1.26. The second-order valence-electron chi connectivity index (χ2n) is 3.54. The molecular formula is C11H14O3. The summed E-state index contributed by atoms with van der Waals surface area (Å²) in [5.41, 5.74) is 2.34. The van der Waals surface area contributed by atoms with Crippen molar-refractivity contribution >= 4 is 5.97 Å². The van der Waals surface area contributed by atoms with Gasteiger partial charge >= 0.3 is 5.97 Å². The molecule has 1 rings (SSSR count). The SMILES string of the molecule is Cc1cc(C(C)C(=O)O)cc(O)c1C. The van der Waals surface area contributed by atoms with Crippen LogP contribution in [0.15, 0.2) is 12.1 Å². The summed E-state index contributed by atoms with van der Waals surface area (Å²) in [4.78, 5) is 10.7. The van der Waals surface area contributed by atoms with Crippen LogP contribution < -0.4 is 0 Å². The van der Waals surface area contributed by atoms with E-state index < -0.39 is 11.9 Å². The molecule has 0 aliphatic rings. The lowest BCUT2D eigenvalue weighted by Crippen LogP contribution is -2.07. The predicted octanol–water partition coefficient (Wildman–Crippen LogP) is 2.20. The van der Waals surface area contributed by atoms with Gasteiger partial charge in [-0.25, -0.2) is 0 Å². The van der Waals surface area contributed by atoms with Gasteiger partial charge in [-0.2, -0.15) is 0 Å². The summed E-state index contributed by atoms with van der Waals surface area (Å²) in [5.74, 6) is -1.30. The number of carboxylic acid groups (broad SMARTS) is 1. The minimum Gasteiger partial charge on any atom is -0.508 e. The van der Waals surface area contributed by atoms with Crippen molar-refractivity contribution in [2.45, 2.75) is 26.7 Å². The van der Waals surface area contributed by atoms with Gasteiger partial charge in [-0.15, -0.1) is 0 Å². The van der Waals surface area contributed by atoms with Crippen molar-refractivity contribution in [3.8, 4) is 5.75 Å². The first kappa shape index (κ1) is 10.6. The molecule has 0 heterocycles. The third-order valence-electron chi connectivity index (χ3n) is 2.53. The van der Waals surface area contributed by atoms with E-state index in [0.29, 0.717) is 5.56 Å². The van der Waals surface area contributed by atoms with Crippen LogP contribution in [-0.4, -0.2) is 16.2 Å². The summed E-state index contributed by atoms with van der Waals surface area (Å²) in [6.45, 7) is 5.26. The molecule has 2 N–H and O–H groups in total. The van der Waals surface area contributed by atoms with Crippen molar-refractivity contribution in [1.82, 2.24) is 0 Å². The highest BCUT2D eigenvalue weighted by molar-refractivity contribution is 5.76. The van der Waals surface area contributed by atoms with Gasteiger partial charge in [-0.1, -0.05) is 6.07 Å². The Bertz CT molecular complexity index is 346. The maximum Gasteiger partial charge on any atom is 0.310 e. The summed E-state index contributed by atoms with van der Waals surface area (Å²) in [5, 5.41) is 18.3. The molecular weight excluding hydrogens is 180 g/mol. The van der Waals surface area contributed by atoms with Gasteiger partial charge in [-0.3, -0.25) is 4.79 Å². The topological polar surface area (TPSA) is 57.5 Å². The van der Waals surface area contributed by atoms with E-state index in [9.17, 15) is 9.90 Å². The van der Waals surface area contributed by atoms with E-state index in [2.05, 4.69) is 0 Å². The van der Waals surface area contributed by atoms with Gasteiger partial charge < -0.3 is 10.2 Å². The molecule has 0 amide bonds. The van der Waals surface area contributed by atoms with Gasteiger partial charge in [-0.05, 0) is 43.5 Å². The van der Waals surface area contributed by atoms with Crippen LogP contribution >= 0.6 is 0 Å². The van der Waals surface area contributed by atoms with E-state index in [-0.39, 0.29) is 5.75 Å². The molecule has 14 heavy (non-hydrogen) atoms. The number of phenolic OH excluding ortho intramolecular Hbond substituents is 1. The van der Waals surface area contributed by atoms with Gasteiger partial charge in [0.2, 0.25) is 0 Å². The molecule has 0 bridgehead atoms. The number of aryl methyl sites for hydroxylation is 1. The number of phenols is 1. The van der Waals surface area contributed by atoms with Crippen molar-refractivity contribution < 1.29 is 15.0 Å². The first-order valence-electron chi connectivity index (χ1n) is 4.46. The zero-order valence-corrected chi connectivity index (χ0v) is 8.53. The van der Waals surface area contributed by atoms with Gasteiger partial charge in [0, 0.05) is 0 Å². The number of rotatable bonds is 2. The first-order chi connectivity index (χ1) is 6.43. The predicted molar refractivity (Wildman–Crippen MR) is 53.6 cm³/mol. The standard InChI is InChI=1S/C11H14O3/c1-6-4-9(8(3)11(13)14)5-10(12)7(6)2/h4-5,8,12H,1-3H3,(H,13,14). The zero-order chi connectivity index (χ0) is 10.9. The van der Waals surface area contributed by atoms with E-state index >= 15 is 0 Å². The average molecular weight is 194 g/mol. The van der Waals surface area contributed by atoms with Gasteiger partial charge in [0.25, 0.3) is 0 Å². The van der Waals surface area contributed by atoms with Crippen LogP contribution in [-0.2, 0) is 4.79 Å². The lowest BCUT2D eigenvalue weighted by atomic mass is 9.96. The Balaban J connectivity index is 3.19. The zero-order valence-electron chi connectivity index (χ0n) is 8.53. The van der Waals surface area contributed by atoms with Gasteiger partial charge in [0.15, 0.2) is 0 Å². The minimum atomic E-state index is -0.882. The Morgan fingerprint density at radius 3 is 2.36 bits per heavy atom. The maximum absolute atomic E-state index is 10.7. The summed E-state index contributed by atoms with van der Waals surface area (Å²) in [6.07, 6.45) is 0. The molecule has 0 saturated heterocycles. The molecule has 1 aromatic rings. The van der Waals surface area contributed by atoms with Crippen molar-refractivity contribution in [2.24, 2.45) is 0 Å². The fraction of sp³-hybridized carbons (Fsp3) is 0.364. The second-order valence-corrected chi connectivity index (χ2v) is 3.54. The van der Waals surface area contributed by atoms with E-state index in [0.717, 1.165) is 11.1 Å². The molecule has 1 aromatic carbocycles. The highest BCUT2D eigenvalue weighted by Crippen LogP contribution is 2.26. The molecule has 0 aromatic heterocycles. The molecule has 0 saturated carbocycles. The molecule has 0 fully saturated rings. The van der Waals surface area contributed by atoms with Crippen LogP contribution in [0, 0.1) is 13.8 Å². The molecule has 1 atom stereocenters. The highest BCUT2D eigenvalue weighted by atomic mass is 16.4. The Morgan fingerprint density at radius 2 is 1.93 bits per heavy atom.